The van der Waals surface area contributed by atoms with Crippen LogP contribution >= 0.6 is 11.6 Å². The van der Waals surface area contributed by atoms with E-state index in [1.807, 2.05) is 24.3 Å². The molecule has 4 atom stereocenters. The number of benzene rings is 1. The summed E-state index contributed by atoms with van der Waals surface area (Å²) in [6.45, 7) is 5.28. The maximum Gasteiger partial charge on any atom is 0.0591 e. The van der Waals surface area contributed by atoms with Crippen LogP contribution in [-0.4, -0.2) is 22.0 Å². The van der Waals surface area contributed by atoms with Crippen LogP contribution in [0.1, 0.15) is 33.1 Å². The lowest BCUT2D eigenvalue weighted by molar-refractivity contribution is 0.316. The van der Waals surface area contributed by atoms with Crippen molar-refractivity contribution in [3.8, 4) is 0 Å². The Morgan fingerprint density at radius 3 is 2.79 bits per heavy atom. The molecule has 1 N–H and O–H groups in total. The van der Waals surface area contributed by atoms with Gasteiger partial charge in [-0.2, -0.15) is 0 Å². The zero-order valence-electron chi connectivity index (χ0n) is 11.6. The fourth-order valence-corrected chi connectivity index (χ4v) is 5.03. The Balaban J connectivity index is 2.21. The van der Waals surface area contributed by atoms with Crippen molar-refractivity contribution >= 4 is 22.4 Å². The van der Waals surface area contributed by atoms with Crippen LogP contribution in [0.2, 0.25) is 5.02 Å². The highest BCUT2D eigenvalue weighted by Crippen LogP contribution is 2.32. The second kappa shape index (κ2) is 6.87. The topological polar surface area (TPSA) is 29.1 Å². The van der Waals surface area contributed by atoms with Gasteiger partial charge in [-0.3, -0.25) is 4.21 Å². The van der Waals surface area contributed by atoms with Gasteiger partial charge in [-0.1, -0.05) is 37.6 Å². The van der Waals surface area contributed by atoms with Gasteiger partial charge in [0.15, 0.2) is 0 Å². The molecule has 19 heavy (non-hydrogen) atoms. The van der Waals surface area contributed by atoms with Crippen LogP contribution in [0.15, 0.2) is 29.2 Å². The number of hydrogen-bond donors (Lipinski definition) is 1. The number of rotatable bonds is 4. The summed E-state index contributed by atoms with van der Waals surface area (Å²) in [7, 11) is -1.03. The summed E-state index contributed by atoms with van der Waals surface area (Å²) >= 11 is 6.19. The van der Waals surface area contributed by atoms with E-state index in [9.17, 15) is 4.21 Å². The van der Waals surface area contributed by atoms with Crippen LogP contribution in [0, 0.1) is 5.92 Å². The van der Waals surface area contributed by atoms with Crippen molar-refractivity contribution in [3.05, 3.63) is 29.3 Å². The molecule has 4 heteroatoms. The van der Waals surface area contributed by atoms with Gasteiger partial charge in [0, 0.05) is 6.04 Å². The monoisotopic (exact) mass is 299 g/mol. The first kappa shape index (κ1) is 15.0. The molecule has 0 amide bonds. The molecule has 106 valence electrons. The first-order chi connectivity index (χ1) is 9.13. The fourth-order valence-electron chi connectivity index (χ4n) is 2.83. The summed E-state index contributed by atoms with van der Waals surface area (Å²) in [6, 6.07) is 7.85. The van der Waals surface area contributed by atoms with Crippen LogP contribution in [0.3, 0.4) is 0 Å². The minimum Gasteiger partial charge on any atom is -0.313 e. The Hall–Kier alpha value is -0.380. The highest BCUT2D eigenvalue weighted by Gasteiger charge is 2.33. The van der Waals surface area contributed by atoms with E-state index in [0.717, 1.165) is 24.3 Å². The van der Waals surface area contributed by atoms with E-state index in [-0.39, 0.29) is 5.25 Å². The summed E-state index contributed by atoms with van der Waals surface area (Å²) in [4.78, 5) is 0.783. The smallest absolute Gasteiger partial charge is 0.0591 e. The third kappa shape index (κ3) is 3.59. The average molecular weight is 300 g/mol. The van der Waals surface area contributed by atoms with E-state index in [1.54, 1.807) is 0 Å². The lowest BCUT2D eigenvalue weighted by atomic mass is 9.87. The highest BCUT2D eigenvalue weighted by atomic mass is 35.5. The molecule has 1 aliphatic rings. The molecular formula is C15H22ClNOS. The second-order valence-electron chi connectivity index (χ2n) is 5.35. The van der Waals surface area contributed by atoms with Gasteiger partial charge < -0.3 is 5.32 Å². The normalized spacial score (nSPS) is 29.1. The zero-order valence-corrected chi connectivity index (χ0v) is 13.1. The molecule has 1 aliphatic carbocycles. The van der Waals surface area contributed by atoms with Crippen molar-refractivity contribution in [2.75, 3.05) is 6.54 Å². The first-order valence-corrected chi connectivity index (χ1v) is 8.61. The quantitative estimate of drug-likeness (QED) is 0.920. The molecule has 1 aromatic carbocycles. The molecule has 0 aromatic heterocycles. The van der Waals surface area contributed by atoms with Crippen molar-refractivity contribution < 1.29 is 4.21 Å². The number of hydrogen-bond acceptors (Lipinski definition) is 2. The predicted octanol–water partition coefficient (Wildman–Crippen LogP) is 3.61. The summed E-state index contributed by atoms with van der Waals surface area (Å²) in [6.07, 6.45) is 3.33. The first-order valence-electron chi connectivity index (χ1n) is 7.02. The molecule has 2 rings (SSSR count). The van der Waals surface area contributed by atoms with Gasteiger partial charge in [0.1, 0.15) is 0 Å². The lowest BCUT2D eigenvalue weighted by Crippen LogP contribution is -2.46. The molecule has 0 saturated heterocycles. The minimum atomic E-state index is -1.03. The SMILES string of the molecule is CCNC1CCC(C)CC1S(=O)c1ccccc1Cl. The van der Waals surface area contributed by atoms with Gasteiger partial charge in [0.2, 0.25) is 0 Å². The predicted molar refractivity (Wildman–Crippen MR) is 82.1 cm³/mol. The molecule has 0 heterocycles. The Labute approximate surface area is 123 Å². The molecule has 0 aliphatic heterocycles. The standard InChI is InChI=1S/C15H22ClNOS/c1-3-17-13-9-8-11(2)10-15(13)19(18)14-7-5-4-6-12(14)16/h4-7,11,13,15,17H,3,8-10H2,1-2H3. The van der Waals surface area contributed by atoms with Crippen molar-refractivity contribution in [1.82, 2.24) is 5.32 Å². The Bertz CT molecular complexity index is 452. The molecular weight excluding hydrogens is 278 g/mol. The van der Waals surface area contributed by atoms with Gasteiger partial charge in [-0.05, 0) is 43.9 Å². The largest absolute Gasteiger partial charge is 0.313 e. The van der Waals surface area contributed by atoms with Gasteiger partial charge in [0.25, 0.3) is 0 Å². The van der Waals surface area contributed by atoms with Crippen molar-refractivity contribution in [1.29, 1.82) is 0 Å². The number of halogens is 1. The molecule has 0 spiro atoms. The molecule has 2 nitrogen and oxygen atoms in total. The van der Waals surface area contributed by atoms with Crippen molar-refractivity contribution in [2.24, 2.45) is 5.92 Å². The Morgan fingerprint density at radius 2 is 2.11 bits per heavy atom. The lowest BCUT2D eigenvalue weighted by Gasteiger charge is -2.34. The van der Waals surface area contributed by atoms with E-state index in [2.05, 4.69) is 19.2 Å². The van der Waals surface area contributed by atoms with Crippen LogP contribution in [0.25, 0.3) is 0 Å². The average Bonchev–Trinajstić information content (AvgIpc) is 2.41. The third-order valence-corrected chi connectivity index (χ3v) is 6.15. The van der Waals surface area contributed by atoms with E-state index in [1.165, 1.54) is 6.42 Å². The Kier molecular flexibility index (Phi) is 5.43. The second-order valence-corrected chi connectivity index (χ2v) is 7.40. The molecule has 4 unspecified atom stereocenters. The summed E-state index contributed by atoms with van der Waals surface area (Å²) in [5, 5.41) is 4.28. The Morgan fingerprint density at radius 1 is 1.37 bits per heavy atom. The van der Waals surface area contributed by atoms with Gasteiger partial charge in [-0.25, -0.2) is 0 Å². The highest BCUT2D eigenvalue weighted by molar-refractivity contribution is 7.85. The van der Waals surface area contributed by atoms with Crippen molar-refractivity contribution in [3.63, 3.8) is 0 Å². The number of nitrogens with one attached hydrogen (secondary N) is 1. The summed E-state index contributed by atoms with van der Waals surface area (Å²) in [5.41, 5.74) is 0. The zero-order chi connectivity index (χ0) is 13.8. The minimum absolute atomic E-state index is 0.170. The molecule has 1 aromatic rings. The van der Waals surface area contributed by atoms with E-state index < -0.39 is 10.8 Å². The maximum atomic E-state index is 12.8. The summed E-state index contributed by atoms with van der Waals surface area (Å²) in [5.74, 6) is 0.645. The third-order valence-electron chi connectivity index (χ3n) is 3.85. The van der Waals surface area contributed by atoms with Crippen LogP contribution < -0.4 is 5.32 Å². The van der Waals surface area contributed by atoms with Gasteiger partial charge in [0.05, 0.1) is 26.0 Å². The van der Waals surface area contributed by atoms with E-state index in [4.69, 9.17) is 11.6 Å². The van der Waals surface area contributed by atoms with Crippen LogP contribution in [0.5, 0.6) is 0 Å². The fraction of sp³-hybridized carbons (Fsp3) is 0.600. The van der Waals surface area contributed by atoms with Crippen LogP contribution in [-0.2, 0) is 10.8 Å². The van der Waals surface area contributed by atoms with Crippen LogP contribution in [0.4, 0.5) is 0 Å². The van der Waals surface area contributed by atoms with Gasteiger partial charge >= 0.3 is 0 Å². The molecule has 1 saturated carbocycles. The van der Waals surface area contributed by atoms with E-state index in [0.29, 0.717) is 17.0 Å². The van der Waals surface area contributed by atoms with Crippen molar-refractivity contribution in [2.45, 2.75) is 49.3 Å². The summed E-state index contributed by atoms with van der Waals surface area (Å²) < 4.78 is 12.8. The van der Waals surface area contributed by atoms with Gasteiger partial charge in [-0.15, -0.1) is 0 Å². The molecule has 0 bridgehead atoms. The molecule has 1 fully saturated rings. The van der Waals surface area contributed by atoms with E-state index >= 15 is 0 Å². The molecule has 0 radical (unpaired) electrons. The maximum absolute atomic E-state index is 12.8.